The van der Waals surface area contributed by atoms with Crippen LogP contribution in [0.25, 0.3) is 22.2 Å². The Kier molecular flexibility index (Phi) is 5.08. The van der Waals surface area contributed by atoms with Crippen LogP contribution in [-0.4, -0.2) is 15.6 Å². The summed E-state index contributed by atoms with van der Waals surface area (Å²) in [6.07, 6.45) is 4.47. The molecule has 3 rings (SSSR count). The summed E-state index contributed by atoms with van der Waals surface area (Å²) in [5.74, 6) is 0. The molecule has 3 heteroatoms. The van der Waals surface area contributed by atoms with Gasteiger partial charge in [-0.1, -0.05) is 31.5 Å². The van der Waals surface area contributed by atoms with Gasteiger partial charge in [0, 0.05) is 30.5 Å². The Morgan fingerprint density at radius 1 is 1.00 bits per heavy atom. The minimum atomic E-state index is 0.487. The standard InChI is InChI=1S/C23H31N3/c1-8-18(9-2)25-20-12-17(6)24-22-19(13-26(7)23(20)22)21-15(4)10-14(3)11-16(21)5/h10-13,18H,8-9H2,1-7H3,(H,24,25). The van der Waals surface area contributed by atoms with Gasteiger partial charge in [0.15, 0.2) is 0 Å². The topological polar surface area (TPSA) is 29.9 Å². The molecular formula is C23H31N3. The molecule has 2 aromatic heterocycles. The Morgan fingerprint density at radius 2 is 1.62 bits per heavy atom. The van der Waals surface area contributed by atoms with Gasteiger partial charge in [-0.3, -0.25) is 4.98 Å². The second-order valence-corrected chi connectivity index (χ2v) is 7.59. The van der Waals surface area contributed by atoms with Crippen molar-refractivity contribution in [3.8, 4) is 11.1 Å². The number of rotatable bonds is 5. The Bertz CT molecular complexity index is 923. The zero-order valence-corrected chi connectivity index (χ0v) is 17.2. The van der Waals surface area contributed by atoms with E-state index < -0.39 is 0 Å². The van der Waals surface area contributed by atoms with Crippen molar-refractivity contribution in [2.24, 2.45) is 7.05 Å². The molecule has 0 radical (unpaired) electrons. The van der Waals surface area contributed by atoms with Gasteiger partial charge in [-0.25, -0.2) is 0 Å². The van der Waals surface area contributed by atoms with Crippen molar-refractivity contribution in [1.29, 1.82) is 0 Å². The average Bonchev–Trinajstić information content (AvgIpc) is 2.88. The predicted molar refractivity (Wildman–Crippen MR) is 113 cm³/mol. The Hall–Kier alpha value is -2.29. The minimum Gasteiger partial charge on any atom is -0.381 e. The number of pyridine rings is 1. The molecule has 0 amide bonds. The highest BCUT2D eigenvalue weighted by Gasteiger charge is 2.18. The highest BCUT2D eigenvalue weighted by molar-refractivity contribution is 6.00. The number of aromatic nitrogens is 2. The van der Waals surface area contributed by atoms with Crippen LogP contribution in [0.4, 0.5) is 5.69 Å². The van der Waals surface area contributed by atoms with E-state index in [1.165, 1.54) is 39.0 Å². The van der Waals surface area contributed by atoms with E-state index in [1.54, 1.807) is 0 Å². The van der Waals surface area contributed by atoms with E-state index in [9.17, 15) is 0 Å². The maximum Gasteiger partial charge on any atom is 0.0984 e. The first kappa shape index (κ1) is 18.5. The Labute approximate surface area is 157 Å². The number of benzene rings is 1. The largest absolute Gasteiger partial charge is 0.381 e. The highest BCUT2D eigenvalue weighted by Crippen LogP contribution is 2.37. The lowest BCUT2D eigenvalue weighted by Gasteiger charge is -2.18. The van der Waals surface area contributed by atoms with Gasteiger partial charge in [0.1, 0.15) is 0 Å². The lowest BCUT2D eigenvalue weighted by molar-refractivity contribution is 0.672. The molecule has 0 bridgehead atoms. The van der Waals surface area contributed by atoms with Gasteiger partial charge in [-0.15, -0.1) is 0 Å². The summed E-state index contributed by atoms with van der Waals surface area (Å²) in [7, 11) is 2.12. The smallest absolute Gasteiger partial charge is 0.0984 e. The Morgan fingerprint density at radius 3 is 2.19 bits per heavy atom. The molecule has 3 aromatic rings. The van der Waals surface area contributed by atoms with Crippen LogP contribution in [0.3, 0.4) is 0 Å². The number of hydrogen-bond donors (Lipinski definition) is 1. The second kappa shape index (κ2) is 7.14. The zero-order valence-electron chi connectivity index (χ0n) is 17.2. The molecule has 0 fully saturated rings. The molecule has 0 aliphatic carbocycles. The minimum absolute atomic E-state index is 0.487. The monoisotopic (exact) mass is 349 g/mol. The van der Waals surface area contributed by atoms with Crippen molar-refractivity contribution in [3.63, 3.8) is 0 Å². The van der Waals surface area contributed by atoms with Gasteiger partial charge in [0.25, 0.3) is 0 Å². The lowest BCUT2D eigenvalue weighted by atomic mass is 9.94. The quantitative estimate of drug-likeness (QED) is 0.605. The van der Waals surface area contributed by atoms with Crippen LogP contribution in [-0.2, 0) is 7.05 Å². The summed E-state index contributed by atoms with van der Waals surface area (Å²) in [6, 6.07) is 7.20. The summed E-state index contributed by atoms with van der Waals surface area (Å²) in [4.78, 5) is 4.94. The highest BCUT2D eigenvalue weighted by atomic mass is 15.0. The van der Waals surface area contributed by atoms with Crippen LogP contribution >= 0.6 is 0 Å². The molecule has 0 aliphatic rings. The molecular weight excluding hydrogens is 318 g/mol. The van der Waals surface area contributed by atoms with Gasteiger partial charge in [-0.2, -0.15) is 0 Å². The van der Waals surface area contributed by atoms with Gasteiger partial charge in [0.05, 0.1) is 16.7 Å². The van der Waals surface area contributed by atoms with Gasteiger partial charge >= 0.3 is 0 Å². The molecule has 0 saturated carbocycles. The third-order valence-electron chi connectivity index (χ3n) is 5.34. The molecule has 138 valence electrons. The number of aryl methyl sites for hydroxylation is 5. The zero-order chi connectivity index (χ0) is 19.0. The summed E-state index contributed by atoms with van der Waals surface area (Å²) < 4.78 is 2.22. The van der Waals surface area contributed by atoms with E-state index in [0.29, 0.717) is 6.04 Å². The van der Waals surface area contributed by atoms with Crippen LogP contribution in [0.15, 0.2) is 24.4 Å². The van der Waals surface area contributed by atoms with Crippen molar-refractivity contribution >= 4 is 16.7 Å². The van der Waals surface area contributed by atoms with Crippen molar-refractivity contribution in [2.75, 3.05) is 5.32 Å². The summed E-state index contributed by atoms with van der Waals surface area (Å²) in [5, 5.41) is 3.75. The van der Waals surface area contributed by atoms with Crippen molar-refractivity contribution in [3.05, 3.63) is 46.8 Å². The van der Waals surface area contributed by atoms with Crippen LogP contribution in [0, 0.1) is 27.7 Å². The molecule has 2 heterocycles. The number of anilines is 1. The molecule has 0 spiro atoms. The molecule has 0 atom stereocenters. The first-order chi connectivity index (χ1) is 12.3. The summed E-state index contributed by atoms with van der Waals surface area (Å²) in [6.45, 7) is 13.1. The molecule has 1 N–H and O–H groups in total. The van der Waals surface area contributed by atoms with Crippen LogP contribution in [0.2, 0.25) is 0 Å². The van der Waals surface area contributed by atoms with E-state index in [1.807, 2.05) is 0 Å². The fourth-order valence-corrected chi connectivity index (χ4v) is 4.14. The maximum absolute atomic E-state index is 4.94. The molecule has 3 nitrogen and oxygen atoms in total. The van der Waals surface area contributed by atoms with Crippen molar-refractivity contribution in [2.45, 2.75) is 60.4 Å². The molecule has 26 heavy (non-hydrogen) atoms. The van der Waals surface area contributed by atoms with Crippen molar-refractivity contribution in [1.82, 2.24) is 9.55 Å². The third-order valence-corrected chi connectivity index (χ3v) is 5.34. The average molecular weight is 350 g/mol. The number of nitrogens with zero attached hydrogens (tertiary/aromatic N) is 2. The summed E-state index contributed by atoms with van der Waals surface area (Å²) in [5.41, 5.74) is 11.0. The van der Waals surface area contributed by atoms with Crippen LogP contribution in [0.1, 0.15) is 49.1 Å². The summed E-state index contributed by atoms with van der Waals surface area (Å²) >= 11 is 0. The first-order valence-electron chi connectivity index (χ1n) is 9.67. The molecule has 0 unspecified atom stereocenters. The van der Waals surface area contributed by atoms with E-state index in [0.717, 1.165) is 24.1 Å². The normalized spacial score (nSPS) is 11.5. The lowest BCUT2D eigenvalue weighted by Crippen LogP contribution is -2.17. The fourth-order valence-electron chi connectivity index (χ4n) is 4.14. The van der Waals surface area contributed by atoms with Crippen LogP contribution in [0.5, 0.6) is 0 Å². The van der Waals surface area contributed by atoms with E-state index in [4.69, 9.17) is 4.98 Å². The molecule has 0 saturated heterocycles. The van der Waals surface area contributed by atoms with Crippen LogP contribution < -0.4 is 5.32 Å². The fraction of sp³-hybridized carbons (Fsp3) is 0.435. The van der Waals surface area contributed by atoms with E-state index >= 15 is 0 Å². The van der Waals surface area contributed by atoms with E-state index in [2.05, 4.69) is 82.9 Å². The van der Waals surface area contributed by atoms with Gasteiger partial charge in [0.2, 0.25) is 0 Å². The van der Waals surface area contributed by atoms with E-state index in [-0.39, 0.29) is 0 Å². The second-order valence-electron chi connectivity index (χ2n) is 7.59. The first-order valence-corrected chi connectivity index (χ1v) is 9.67. The van der Waals surface area contributed by atoms with Crippen molar-refractivity contribution < 1.29 is 0 Å². The van der Waals surface area contributed by atoms with Gasteiger partial charge in [-0.05, 0) is 63.3 Å². The molecule has 0 aliphatic heterocycles. The molecule has 1 aromatic carbocycles. The maximum atomic E-state index is 4.94. The number of hydrogen-bond acceptors (Lipinski definition) is 2. The SMILES string of the molecule is CCC(CC)Nc1cc(C)nc2c(-c3c(C)cc(C)cc3C)cn(C)c12. The Balaban J connectivity index is 2.26. The number of nitrogens with one attached hydrogen (secondary N) is 1. The van der Waals surface area contributed by atoms with Gasteiger partial charge < -0.3 is 9.88 Å². The number of fused-ring (bicyclic) bond motifs is 1. The predicted octanol–water partition coefficient (Wildman–Crippen LogP) is 6.07. The third kappa shape index (κ3) is 3.23.